The Bertz CT molecular complexity index is 606. The molecule has 0 aromatic heterocycles. The van der Waals surface area contributed by atoms with Gasteiger partial charge in [0.05, 0.1) is 18.8 Å². The standard InChI is InChI=1S/C36H69NO4/c1-3-5-7-9-11-13-15-17-18-19-21-23-25-27-29-31-35(40)37-33(32-38)36(41)34(39)30-28-26-24-22-20-16-14-12-10-8-6-4-2/h11,13,15,17,33-34,36,38-39,41H,3-10,12,14,16,18-32H2,1-2H3,(H,37,40)/b13-11-,17-15-. The van der Waals surface area contributed by atoms with E-state index in [0.29, 0.717) is 12.8 Å². The van der Waals surface area contributed by atoms with E-state index in [4.69, 9.17) is 0 Å². The summed E-state index contributed by atoms with van der Waals surface area (Å²) in [5.74, 6) is -0.159. The first-order chi connectivity index (χ1) is 20.1. The average molecular weight is 580 g/mol. The Kier molecular flexibility index (Phi) is 30.9. The Hall–Kier alpha value is -1.17. The topological polar surface area (TPSA) is 89.8 Å². The molecule has 41 heavy (non-hydrogen) atoms. The summed E-state index contributed by atoms with van der Waals surface area (Å²) < 4.78 is 0. The monoisotopic (exact) mass is 580 g/mol. The van der Waals surface area contributed by atoms with Gasteiger partial charge in [-0.2, -0.15) is 0 Å². The molecule has 5 nitrogen and oxygen atoms in total. The molecule has 0 spiro atoms. The molecule has 3 atom stereocenters. The number of unbranched alkanes of at least 4 members (excludes halogenated alkanes) is 20. The van der Waals surface area contributed by atoms with E-state index < -0.39 is 18.2 Å². The zero-order chi connectivity index (χ0) is 30.2. The average Bonchev–Trinajstić information content (AvgIpc) is 2.97. The van der Waals surface area contributed by atoms with E-state index in [9.17, 15) is 20.1 Å². The van der Waals surface area contributed by atoms with E-state index in [0.717, 1.165) is 44.9 Å². The predicted octanol–water partition coefficient (Wildman–Crippen LogP) is 9.09. The minimum Gasteiger partial charge on any atom is -0.394 e. The molecule has 0 aliphatic carbocycles. The van der Waals surface area contributed by atoms with Crippen molar-refractivity contribution in [2.24, 2.45) is 0 Å². The molecule has 242 valence electrons. The van der Waals surface area contributed by atoms with Gasteiger partial charge in [-0.25, -0.2) is 0 Å². The Morgan fingerprint density at radius 1 is 0.610 bits per heavy atom. The fourth-order valence-corrected chi connectivity index (χ4v) is 5.27. The Morgan fingerprint density at radius 3 is 1.54 bits per heavy atom. The fraction of sp³-hybridized carbons (Fsp3) is 0.861. The summed E-state index contributed by atoms with van der Waals surface area (Å²) in [6.45, 7) is 4.11. The molecular formula is C36H69NO4. The van der Waals surface area contributed by atoms with E-state index in [-0.39, 0.29) is 12.5 Å². The number of carbonyl (C=O) groups excluding carboxylic acids is 1. The van der Waals surface area contributed by atoms with Gasteiger partial charge in [0, 0.05) is 6.42 Å². The molecule has 0 bridgehead atoms. The van der Waals surface area contributed by atoms with Gasteiger partial charge in [-0.15, -0.1) is 0 Å². The zero-order valence-corrected chi connectivity index (χ0v) is 27.2. The molecule has 0 aliphatic rings. The number of aliphatic hydroxyl groups excluding tert-OH is 3. The molecule has 0 rings (SSSR count). The molecule has 0 heterocycles. The van der Waals surface area contributed by atoms with Crippen molar-refractivity contribution in [2.75, 3.05) is 6.61 Å². The van der Waals surface area contributed by atoms with Gasteiger partial charge in [0.15, 0.2) is 0 Å². The van der Waals surface area contributed by atoms with Crippen LogP contribution in [0.25, 0.3) is 0 Å². The maximum atomic E-state index is 12.3. The number of amides is 1. The summed E-state index contributed by atoms with van der Waals surface area (Å²) in [6.07, 6.45) is 35.4. The maximum Gasteiger partial charge on any atom is 0.220 e. The van der Waals surface area contributed by atoms with Crippen molar-refractivity contribution < 1.29 is 20.1 Å². The van der Waals surface area contributed by atoms with Crippen LogP contribution in [0, 0.1) is 0 Å². The lowest BCUT2D eigenvalue weighted by atomic mass is 9.99. The second-order valence-electron chi connectivity index (χ2n) is 12.1. The van der Waals surface area contributed by atoms with Gasteiger partial charge in [-0.1, -0.05) is 154 Å². The normalized spacial score (nSPS) is 14.2. The van der Waals surface area contributed by atoms with Crippen LogP contribution >= 0.6 is 0 Å². The van der Waals surface area contributed by atoms with Crippen LogP contribution in [0.1, 0.15) is 174 Å². The highest BCUT2D eigenvalue weighted by Gasteiger charge is 2.26. The van der Waals surface area contributed by atoms with E-state index in [1.54, 1.807) is 0 Å². The van der Waals surface area contributed by atoms with Crippen molar-refractivity contribution >= 4 is 5.91 Å². The molecule has 0 saturated carbocycles. The molecular weight excluding hydrogens is 510 g/mol. The summed E-state index contributed by atoms with van der Waals surface area (Å²) in [5.41, 5.74) is 0. The summed E-state index contributed by atoms with van der Waals surface area (Å²) in [4.78, 5) is 12.3. The predicted molar refractivity (Wildman–Crippen MR) is 176 cm³/mol. The van der Waals surface area contributed by atoms with Gasteiger partial charge < -0.3 is 20.6 Å². The second kappa shape index (κ2) is 31.8. The Morgan fingerprint density at radius 2 is 1.02 bits per heavy atom. The molecule has 0 aliphatic heterocycles. The lowest BCUT2D eigenvalue weighted by Gasteiger charge is -2.26. The van der Waals surface area contributed by atoms with Gasteiger partial charge in [0.25, 0.3) is 0 Å². The van der Waals surface area contributed by atoms with Crippen LogP contribution in [0.2, 0.25) is 0 Å². The lowest BCUT2D eigenvalue weighted by molar-refractivity contribution is -0.124. The molecule has 0 radical (unpaired) electrons. The molecule has 0 fully saturated rings. The molecule has 1 amide bonds. The highest BCUT2D eigenvalue weighted by Crippen LogP contribution is 2.15. The van der Waals surface area contributed by atoms with Crippen LogP contribution in [0.15, 0.2) is 24.3 Å². The minimum absolute atomic E-state index is 0.159. The molecule has 3 unspecified atom stereocenters. The van der Waals surface area contributed by atoms with Crippen molar-refractivity contribution in [2.45, 2.75) is 193 Å². The highest BCUT2D eigenvalue weighted by atomic mass is 16.3. The van der Waals surface area contributed by atoms with Crippen LogP contribution < -0.4 is 5.32 Å². The van der Waals surface area contributed by atoms with E-state index in [1.807, 2.05) is 0 Å². The molecule has 0 aromatic rings. The Balaban J connectivity index is 3.74. The Labute approximate surface area is 254 Å². The first-order valence-corrected chi connectivity index (χ1v) is 17.6. The number of hydrogen-bond acceptors (Lipinski definition) is 4. The largest absolute Gasteiger partial charge is 0.394 e. The third-order valence-corrected chi connectivity index (χ3v) is 8.09. The third-order valence-electron chi connectivity index (χ3n) is 8.09. The van der Waals surface area contributed by atoms with Gasteiger partial charge in [0.1, 0.15) is 6.10 Å². The summed E-state index contributed by atoms with van der Waals surface area (Å²) in [5, 5.41) is 33.3. The zero-order valence-electron chi connectivity index (χ0n) is 27.2. The van der Waals surface area contributed by atoms with Gasteiger partial charge >= 0.3 is 0 Å². The number of allylic oxidation sites excluding steroid dienone is 4. The highest BCUT2D eigenvalue weighted by molar-refractivity contribution is 5.76. The van der Waals surface area contributed by atoms with Crippen molar-refractivity contribution in [3.05, 3.63) is 24.3 Å². The van der Waals surface area contributed by atoms with Crippen LogP contribution in [-0.4, -0.2) is 46.1 Å². The minimum atomic E-state index is -1.14. The summed E-state index contributed by atoms with van der Waals surface area (Å²) >= 11 is 0. The van der Waals surface area contributed by atoms with Crippen molar-refractivity contribution in [1.29, 1.82) is 0 Å². The molecule has 5 heteroatoms. The van der Waals surface area contributed by atoms with Crippen LogP contribution in [0.5, 0.6) is 0 Å². The van der Waals surface area contributed by atoms with Crippen LogP contribution in [0.3, 0.4) is 0 Å². The van der Waals surface area contributed by atoms with Gasteiger partial charge in [-0.3, -0.25) is 4.79 Å². The van der Waals surface area contributed by atoms with Crippen molar-refractivity contribution in [3.8, 4) is 0 Å². The number of nitrogens with one attached hydrogen (secondary N) is 1. The van der Waals surface area contributed by atoms with E-state index in [2.05, 4.69) is 43.5 Å². The fourth-order valence-electron chi connectivity index (χ4n) is 5.27. The number of aliphatic hydroxyl groups is 3. The smallest absolute Gasteiger partial charge is 0.220 e. The first kappa shape index (κ1) is 39.8. The van der Waals surface area contributed by atoms with E-state index in [1.165, 1.54) is 103 Å². The van der Waals surface area contributed by atoms with Crippen LogP contribution in [-0.2, 0) is 4.79 Å². The molecule has 4 N–H and O–H groups in total. The van der Waals surface area contributed by atoms with Crippen molar-refractivity contribution in [1.82, 2.24) is 5.32 Å². The number of rotatable bonds is 31. The van der Waals surface area contributed by atoms with Crippen LogP contribution in [0.4, 0.5) is 0 Å². The van der Waals surface area contributed by atoms with Gasteiger partial charge in [0.2, 0.25) is 5.91 Å². The summed E-state index contributed by atoms with van der Waals surface area (Å²) in [7, 11) is 0. The van der Waals surface area contributed by atoms with Crippen molar-refractivity contribution in [3.63, 3.8) is 0 Å². The summed E-state index contributed by atoms with van der Waals surface area (Å²) in [6, 6.07) is -0.811. The van der Waals surface area contributed by atoms with E-state index >= 15 is 0 Å². The third kappa shape index (κ3) is 27.4. The molecule has 0 saturated heterocycles. The number of hydrogen-bond donors (Lipinski definition) is 4. The maximum absolute atomic E-state index is 12.3. The first-order valence-electron chi connectivity index (χ1n) is 17.6. The molecule has 0 aromatic carbocycles. The van der Waals surface area contributed by atoms with Gasteiger partial charge in [-0.05, 0) is 38.5 Å². The second-order valence-corrected chi connectivity index (χ2v) is 12.1. The quantitative estimate of drug-likeness (QED) is 0.0487. The lowest BCUT2D eigenvalue weighted by Crippen LogP contribution is -2.50. The SMILES string of the molecule is CCCCC/C=C\C=C/CCCCCCCCC(=O)NC(CO)C(O)C(O)CCCCCCCCCCCCCC. The number of carbonyl (C=O) groups is 1.